The van der Waals surface area contributed by atoms with E-state index in [0.29, 0.717) is 13.1 Å². The summed E-state index contributed by atoms with van der Waals surface area (Å²) in [6.45, 7) is 2.83. The van der Waals surface area contributed by atoms with E-state index in [-0.39, 0.29) is 28.5 Å². The summed E-state index contributed by atoms with van der Waals surface area (Å²) in [4.78, 5) is 13.4. The van der Waals surface area contributed by atoms with Gasteiger partial charge >= 0.3 is 0 Å². The second kappa shape index (κ2) is 3.38. The van der Waals surface area contributed by atoms with Crippen molar-refractivity contribution in [1.82, 2.24) is 4.90 Å². The Balaban J connectivity index is 2.16. The summed E-state index contributed by atoms with van der Waals surface area (Å²) in [6.07, 6.45) is 0. The molecular formula is C11H14N2O3. The van der Waals surface area contributed by atoms with Crippen molar-refractivity contribution in [2.45, 2.75) is 12.5 Å². The van der Waals surface area contributed by atoms with Crippen LogP contribution in [0.1, 0.15) is 17.3 Å². The van der Waals surface area contributed by atoms with Crippen LogP contribution in [0, 0.1) is 0 Å². The molecule has 4 N–H and O–H groups in total. The fourth-order valence-corrected chi connectivity index (χ4v) is 1.84. The molecule has 1 fully saturated rings. The molecule has 1 saturated heterocycles. The van der Waals surface area contributed by atoms with Gasteiger partial charge in [-0.1, -0.05) is 0 Å². The summed E-state index contributed by atoms with van der Waals surface area (Å²) in [5.41, 5.74) is 5.65. The van der Waals surface area contributed by atoms with E-state index in [1.54, 1.807) is 4.90 Å². The van der Waals surface area contributed by atoms with Crippen molar-refractivity contribution in [2.75, 3.05) is 13.1 Å². The summed E-state index contributed by atoms with van der Waals surface area (Å²) in [6, 6.07) is 3.92. The molecule has 1 heterocycles. The lowest BCUT2D eigenvalue weighted by atomic mass is 9.93. The van der Waals surface area contributed by atoms with Crippen LogP contribution in [0.25, 0.3) is 0 Å². The van der Waals surface area contributed by atoms with Crippen LogP contribution in [0.4, 0.5) is 0 Å². The minimum Gasteiger partial charge on any atom is -0.508 e. The zero-order chi connectivity index (χ0) is 11.9. The summed E-state index contributed by atoms with van der Waals surface area (Å²) < 4.78 is 0. The number of amides is 1. The molecule has 86 valence electrons. The highest BCUT2D eigenvalue weighted by molar-refractivity contribution is 5.97. The van der Waals surface area contributed by atoms with E-state index >= 15 is 0 Å². The first-order valence-electron chi connectivity index (χ1n) is 4.99. The number of likely N-dealkylation sites (tertiary alicyclic amines) is 1. The molecule has 5 heteroatoms. The van der Waals surface area contributed by atoms with E-state index in [0.717, 1.165) is 6.07 Å². The van der Waals surface area contributed by atoms with Crippen molar-refractivity contribution < 1.29 is 15.0 Å². The molecule has 0 bridgehead atoms. The number of carbonyl (C=O) groups is 1. The third-order valence-corrected chi connectivity index (χ3v) is 2.60. The van der Waals surface area contributed by atoms with Crippen molar-refractivity contribution in [3.63, 3.8) is 0 Å². The maximum atomic E-state index is 11.9. The number of carbonyl (C=O) groups excluding carboxylic acids is 1. The van der Waals surface area contributed by atoms with Gasteiger partial charge < -0.3 is 20.8 Å². The highest BCUT2D eigenvalue weighted by atomic mass is 16.3. The van der Waals surface area contributed by atoms with Crippen LogP contribution in [-0.2, 0) is 0 Å². The average molecular weight is 222 g/mol. The minimum atomic E-state index is -0.331. The van der Waals surface area contributed by atoms with Gasteiger partial charge in [-0.2, -0.15) is 0 Å². The normalized spacial score (nSPS) is 18.0. The number of rotatable bonds is 1. The lowest BCUT2D eigenvalue weighted by Gasteiger charge is -2.45. The Bertz CT molecular complexity index is 435. The number of nitrogens with two attached hydrogens (primary N) is 1. The molecule has 0 spiro atoms. The second-order valence-electron chi connectivity index (χ2n) is 4.52. The Morgan fingerprint density at radius 1 is 1.44 bits per heavy atom. The van der Waals surface area contributed by atoms with Crippen LogP contribution in [0.15, 0.2) is 18.2 Å². The predicted octanol–water partition coefficient (Wildman–Crippen LogP) is 0.271. The summed E-state index contributed by atoms with van der Waals surface area (Å²) in [5, 5.41) is 18.6. The maximum Gasteiger partial charge on any atom is 0.257 e. The van der Waals surface area contributed by atoms with E-state index < -0.39 is 0 Å². The highest BCUT2D eigenvalue weighted by Gasteiger charge is 2.38. The highest BCUT2D eigenvalue weighted by Crippen LogP contribution is 2.27. The summed E-state index contributed by atoms with van der Waals surface area (Å²) in [7, 11) is 0. The van der Waals surface area contributed by atoms with Gasteiger partial charge in [-0.3, -0.25) is 4.79 Å². The lowest BCUT2D eigenvalue weighted by Crippen LogP contribution is -2.66. The first-order chi connectivity index (χ1) is 7.39. The predicted molar refractivity (Wildman–Crippen MR) is 58.3 cm³/mol. The van der Waals surface area contributed by atoms with Gasteiger partial charge in [0, 0.05) is 24.7 Å². The van der Waals surface area contributed by atoms with Crippen LogP contribution >= 0.6 is 0 Å². The number of hydrogen-bond donors (Lipinski definition) is 3. The van der Waals surface area contributed by atoms with Crippen molar-refractivity contribution in [2.24, 2.45) is 5.73 Å². The number of phenolic OH excluding ortho intramolecular Hbond substituents is 2. The molecule has 0 aromatic heterocycles. The molecule has 0 aliphatic carbocycles. The lowest BCUT2D eigenvalue weighted by molar-refractivity contribution is 0.0451. The Morgan fingerprint density at radius 2 is 2.06 bits per heavy atom. The molecule has 1 aliphatic rings. The van der Waals surface area contributed by atoms with Crippen LogP contribution < -0.4 is 5.73 Å². The summed E-state index contributed by atoms with van der Waals surface area (Å²) >= 11 is 0. The Labute approximate surface area is 93.1 Å². The van der Waals surface area contributed by atoms with E-state index in [2.05, 4.69) is 0 Å². The van der Waals surface area contributed by atoms with Gasteiger partial charge in [-0.15, -0.1) is 0 Å². The monoisotopic (exact) mass is 222 g/mol. The maximum absolute atomic E-state index is 11.9. The third-order valence-electron chi connectivity index (χ3n) is 2.60. The van der Waals surface area contributed by atoms with Gasteiger partial charge in [0.1, 0.15) is 11.5 Å². The smallest absolute Gasteiger partial charge is 0.257 e. The van der Waals surface area contributed by atoms with Crippen molar-refractivity contribution in [3.05, 3.63) is 23.8 Å². The number of phenols is 2. The van der Waals surface area contributed by atoms with Gasteiger partial charge in [0.05, 0.1) is 5.56 Å². The zero-order valence-corrected chi connectivity index (χ0v) is 8.97. The number of aromatic hydroxyl groups is 2. The van der Waals surface area contributed by atoms with E-state index in [1.165, 1.54) is 12.1 Å². The molecule has 0 saturated carbocycles. The molecular weight excluding hydrogens is 208 g/mol. The number of hydrogen-bond acceptors (Lipinski definition) is 4. The standard InChI is InChI=1S/C11H14N2O3/c1-11(12)5-13(6-11)10(16)8-3-2-7(14)4-9(8)15/h2-4,14-15H,5-6,12H2,1H3. The minimum absolute atomic E-state index is 0.0682. The molecule has 2 rings (SSSR count). The molecule has 1 amide bonds. The van der Waals surface area contributed by atoms with Crippen LogP contribution in [0.2, 0.25) is 0 Å². The van der Waals surface area contributed by atoms with Gasteiger partial charge in [0.15, 0.2) is 0 Å². The molecule has 1 aliphatic heterocycles. The molecule has 5 nitrogen and oxygen atoms in total. The van der Waals surface area contributed by atoms with Gasteiger partial charge in [-0.25, -0.2) is 0 Å². The van der Waals surface area contributed by atoms with E-state index in [1.807, 2.05) is 6.92 Å². The van der Waals surface area contributed by atoms with Crippen LogP contribution in [-0.4, -0.2) is 39.6 Å². The first-order valence-corrected chi connectivity index (χ1v) is 4.99. The van der Waals surface area contributed by atoms with Gasteiger partial charge in [0.25, 0.3) is 5.91 Å². The number of nitrogens with zero attached hydrogens (tertiary/aromatic N) is 1. The van der Waals surface area contributed by atoms with Crippen molar-refractivity contribution >= 4 is 5.91 Å². The molecule has 1 aromatic carbocycles. The Hall–Kier alpha value is -1.75. The van der Waals surface area contributed by atoms with Crippen LogP contribution in [0.5, 0.6) is 11.5 Å². The molecule has 16 heavy (non-hydrogen) atoms. The SMILES string of the molecule is CC1(N)CN(C(=O)c2ccc(O)cc2O)C1. The zero-order valence-electron chi connectivity index (χ0n) is 8.97. The average Bonchev–Trinajstić information content (AvgIpc) is 2.13. The second-order valence-corrected chi connectivity index (χ2v) is 4.52. The molecule has 0 atom stereocenters. The molecule has 0 unspecified atom stereocenters. The van der Waals surface area contributed by atoms with E-state index in [9.17, 15) is 9.90 Å². The first kappa shape index (κ1) is 10.8. The van der Waals surface area contributed by atoms with E-state index in [4.69, 9.17) is 10.8 Å². The van der Waals surface area contributed by atoms with Gasteiger partial charge in [-0.05, 0) is 19.1 Å². The fourth-order valence-electron chi connectivity index (χ4n) is 1.84. The molecule has 1 aromatic rings. The molecule has 0 radical (unpaired) electrons. The Kier molecular flexibility index (Phi) is 2.27. The van der Waals surface area contributed by atoms with Gasteiger partial charge in [0.2, 0.25) is 0 Å². The third kappa shape index (κ3) is 1.81. The number of benzene rings is 1. The summed E-state index contributed by atoms with van der Waals surface area (Å²) in [5.74, 6) is -0.544. The van der Waals surface area contributed by atoms with Crippen LogP contribution in [0.3, 0.4) is 0 Å². The van der Waals surface area contributed by atoms with Crippen molar-refractivity contribution in [1.29, 1.82) is 0 Å². The van der Waals surface area contributed by atoms with Crippen molar-refractivity contribution in [3.8, 4) is 11.5 Å². The largest absolute Gasteiger partial charge is 0.508 e. The Morgan fingerprint density at radius 3 is 2.56 bits per heavy atom. The fraction of sp³-hybridized carbons (Fsp3) is 0.364. The topological polar surface area (TPSA) is 86.8 Å². The quantitative estimate of drug-likeness (QED) is 0.636.